The standard InChI is InChI=1S/C25H17F7N6O3S/c26-17-3-1-14(2-4-17)13-42-23-36-35-21(37(23)19-5-7-20(8-6-19)38(40)41)12-33-22(39)34-18-10-15(24(27,28)29)9-16(11-18)25(30,31)32/h1-11H,12-13H2,(H2,33,34,39). The lowest BCUT2D eigenvalue weighted by Crippen LogP contribution is -2.29. The van der Waals surface area contributed by atoms with Crippen LogP contribution in [0.4, 0.5) is 46.9 Å². The number of nitro benzene ring substituents is 1. The Labute approximate surface area is 235 Å². The van der Waals surface area contributed by atoms with E-state index in [9.17, 15) is 45.6 Å². The average molecular weight is 615 g/mol. The maximum atomic E-state index is 13.2. The fourth-order valence-corrected chi connectivity index (χ4v) is 4.51. The highest BCUT2D eigenvalue weighted by Crippen LogP contribution is 2.37. The summed E-state index contributed by atoms with van der Waals surface area (Å²) < 4.78 is 93.5. The normalized spacial score (nSPS) is 11.8. The van der Waals surface area contributed by atoms with Crippen LogP contribution in [-0.2, 0) is 24.7 Å². The summed E-state index contributed by atoms with van der Waals surface area (Å²) in [6.07, 6.45) is -10.2. The molecule has 0 radical (unpaired) electrons. The number of carbonyl (C=O) groups is 1. The third kappa shape index (κ3) is 7.54. The topological polar surface area (TPSA) is 115 Å². The fraction of sp³-hybridized carbons (Fsp3) is 0.160. The molecule has 2 N–H and O–H groups in total. The van der Waals surface area contributed by atoms with Crippen LogP contribution in [0.3, 0.4) is 0 Å². The number of halogens is 7. The number of non-ortho nitro benzene ring substituents is 1. The summed E-state index contributed by atoms with van der Waals surface area (Å²) in [7, 11) is 0. The zero-order valence-electron chi connectivity index (χ0n) is 20.8. The number of anilines is 1. The number of nitrogens with zero attached hydrogens (tertiary/aromatic N) is 4. The van der Waals surface area contributed by atoms with Gasteiger partial charge in [0.25, 0.3) is 5.69 Å². The molecule has 2 amide bonds. The van der Waals surface area contributed by atoms with Crippen LogP contribution < -0.4 is 10.6 Å². The van der Waals surface area contributed by atoms with Crippen LogP contribution in [0.5, 0.6) is 0 Å². The Kier molecular flexibility index (Phi) is 8.70. The maximum Gasteiger partial charge on any atom is 0.416 e. The number of thioether (sulfide) groups is 1. The number of hydrogen-bond donors (Lipinski definition) is 2. The Morgan fingerprint density at radius 1 is 0.905 bits per heavy atom. The molecule has 220 valence electrons. The third-order valence-corrected chi connectivity index (χ3v) is 6.55. The minimum Gasteiger partial charge on any atom is -0.331 e. The van der Waals surface area contributed by atoms with E-state index in [2.05, 4.69) is 15.5 Å². The Bertz CT molecular complexity index is 1560. The number of carbonyl (C=O) groups excluding carboxylic acids is 1. The molecule has 0 atom stereocenters. The van der Waals surface area contributed by atoms with Crippen molar-refractivity contribution in [3.8, 4) is 5.69 Å². The van der Waals surface area contributed by atoms with E-state index in [1.807, 2.05) is 5.32 Å². The van der Waals surface area contributed by atoms with Crippen molar-refractivity contribution in [1.29, 1.82) is 0 Å². The van der Waals surface area contributed by atoms with Crippen molar-refractivity contribution in [2.45, 2.75) is 29.8 Å². The quantitative estimate of drug-likeness (QED) is 0.0960. The Balaban J connectivity index is 1.56. The second kappa shape index (κ2) is 12.1. The second-order valence-electron chi connectivity index (χ2n) is 8.53. The lowest BCUT2D eigenvalue weighted by Gasteiger charge is -2.15. The lowest BCUT2D eigenvalue weighted by atomic mass is 10.1. The molecular formula is C25H17F7N6O3S. The van der Waals surface area contributed by atoms with E-state index in [0.29, 0.717) is 23.6 Å². The fourth-order valence-electron chi connectivity index (χ4n) is 3.58. The van der Waals surface area contributed by atoms with Gasteiger partial charge in [0.05, 0.1) is 22.6 Å². The molecule has 0 aliphatic carbocycles. The lowest BCUT2D eigenvalue weighted by molar-refractivity contribution is -0.384. The predicted octanol–water partition coefficient (Wildman–Crippen LogP) is 6.97. The first kappa shape index (κ1) is 30.3. The molecule has 9 nitrogen and oxygen atoms in total. The van der Waals surface area contributed by atoms with Crippen molar-refractivity contribution in [3.63, 3.8) is 0 Å². The molecule has 1 aromatic heterocycles. The predicted molar refractivity (Wildman–Crippen MR) is 136 cm³/mol. The number of hydrogen-bond acceptors (Lipinski definition) is 6. The number of amides is 2. The molecule has 0 fully saturated rings. The molecular weight excluding hydrogens is 597 g/mol. The van der Waals surface area contributed by atoms with Crippen LogP contribution in [0.25, 0.3) is 5.69 Å². The van der Waals surface area contributed by atoms with Gasteiger partial charge < -0.3 is 10.6 Å². The molecule has 0 saturated heterocycles. The largest absolute Gasteiger partial charge is 0.416 e. The number of rotatable bonds is 8. The van der Waals surface area contributed by atoms with Crippen LogP contribution in [0.2, 0.25) is 0 Å². The highest BCUT2D eigenvalue weighted by atomic mass is 32.2. The molecule has 3 aromatic carbocycles. The van der Waals surface area contributed by atoms with Gasteiger partial charge in [0, 0.05) is 29.3 Å². The van der Waals surface area contributed by atoms with Crippen LogP contribution in [0.1, 0.15) is 22.5 Å². The number of alkyl halides is 6. The molecule has 42 heavy (non-hydrogen) atoms. The van der Waals surface area contributed by atoms with Gasteiger partial charge in [-0.05, 0) is 48.0 Å². The monoisotopic (exact) mass is 614 g/mol. The van der Waals surface area contributed by atoms with E-state index < -0.39 is 52.5 Å². The molecule has 4 rings (SSSR count). The molecule has 0 bridgehead atoms. The molecule has 0 saturated carbocycles. The molecule has 0 aliphatic rings. The minimum atomic E-state index is -5.10. The van der Waals surface area contributed by atoms with Gasteiger partial charge >= 0.3 is 18.4 Å². The zero-order chi connectivity index (χ0) is 30.7. The van der Waals surface area contributed by atoms with Crippen LogP contribution >= 0.6 is 11.8 Å². The van der Waals surface area contributed by atoms with Crippen LogP contribution in [0, 0.1) is 15.9 Å². The van der Waals surface area contributed by atoms with Gasteiger partial charge in [0.15, 0.2) is 11.0 Å². The number of benzene rings is 3. The highest BCUT2D eigenvalue weighted by molar-refractivity contribution is 7.98. The molecule has 4 aromatic rings. The number of urea groups is 1. The van der Waals surface area contributed by atoms with Gasteiger partial charge in [-0.25, -0.2) is 9.18 Å². The van der Waals surface area contributed by atoms with Gasteiger partial charge in [-0.3, -0.25) is 14.7 Å². The first-order valence-corrected chi connectivity index (χ1v) is 12.6. The van der Waals surface area contributed by atoms with E-state index >= 15 is 0 Å². The number of aromatic nitrogens is 3. The molecule has 0 spiro atoms. The summed E-state index contributed by atoms with van der Waals surface area (Å²) in [6, 6.07) is 10.4. The van der Waals surface area contributed by atoms with Crippen LogP contribution in [-0.4, -0.2) is 25.7 Å². The average Bonchev–Trinajstić information content (AvgIpc) is 3.33. The third-order valence-electron chi connectivity index (χ3n) is 5.55. The first-order valence-electron chi connectivity index (χ1n) is 11.6. The maximum absolute atomic E-state index is 13.2. The zero-order valence-corrected chi connectivity index (χ0v) is 21.6. The van der Waals surface area contributed by atoms with Gasteiger partial charge in [-0.15, -0.1) is 10.2 Å². The van der Waals surface area contributed by atoms with E-state index in [0.717, 1.165) is 5.56 Å². The summed E-state index contributed by atoms with van der Waals surface area (Å²) in [5, 5.41) is 23.7. The van der Waals surface area contributed by atoms with Crippen molar-refractivity contribution in [3.05, 3.63) is 105 Å². The van der Waals surface area contributed by atoms with Gasteiger partial charge in [-0.2, -0.15) is 26.3 Å². The van der Waals surface area contributed by atoms with Crippen molar-refractivity contribution >= 4 is 29.2 Å². The summed E-state index contributed by atoms with van der Waals surface area (Å²) in [5.41, 5.74) is -3.07. The van der Waals surface area contributed by atoms with Crippen molar-refractivity contribution < 1.29 is 40.5 Å². The summed E-state index contributed by atoms with van der Waals surface area (Å²) in [5.74, 6) is -0.0269. The van der Waals surface area contributed by atoms with E-state index in [-0.39, 0.29) is 22.7 Å². The number of nitro groups is 1. The molecule has 17 heteroatoms. The Morgan fingerprint density at radius 3 is 2.05 bits per heavy atom. The van der Waals surface area contributed by atoms with E-state index in [4.69, 9.17) is 0 Å². The van der Waals surface area contributed by atoms with Crippen molar-refractivity contribution in [2.24, 2.45) is 0 Å². The van der Waals surface area contributed by atoms with Gasteiger partial charge in [0.1, 0.15) is 5.82 Å². The Hall–Kier alpha value is -4.67. The highest BCUT2D eigenvalue weighted by Gasteiger charge is 2.37. The smallest absolute Gasteiger partial charge is 0.331 e. The van der Waals surface area contributed by atoms with E-state index in [1.165, 1.54) is 52.7 Å². The Morgan fingerprint density at radius 2 is 1.50 bits per heavy atom. The second-order valence-corrected chi connectivity index (χ2v) is 9.47. The van der Waals surface area contributed by atoms with E-state index in [1.54, 1.807) is 12.1 Å². The summed E-state index contributed by atoms with van der Waals surface area (Å²) in [4.78, 5) is 22.9. The summed E-state index contributed by atoms with van der Waals surface area (Å²) >= 11 is 1.17. The minimum absolute atomic E-state index is 0.0686. The molecule has 1 heterocycles. The molecule has 0 aliphatic heterocycles. The van der Waals surface area contributed by atoms with Gasteiger partial charge in [-0.1, -0.05) is 23.9 Å². The summed E-state index contributed by atoms with van der Waals surface area (Å²) in [6.45, 7) is -0.391. The van der Waals surface area contributed by atoms with Crippen molar-refractivity contribution in [1.82, 2.24) is 20.1 Å². The van der Waals surface area contributed by atoms with Crippen LogP contribution in [0.15, 0.2) is 71.9 Å². The number of nitrogens with one attached hydrogen (secondary N) is 2. The van der Waals surface area contributed by atoms with Gasteiger partial charge in [0.2, 0.25) is 0 Å². The first-order chi connectivity index (χ1) is 19.7. The van der Waals surface area contributed by atoms with Crippen molar-refractivity contribution in [2.75, 3.05) is 5.32 Å². The SMILES string of the molecule is O=C(NCc1nnc(SCc2ccc(F)cc2)n1-c1ccc([N+](=O)[O-])cc1)Nc1cc(C(F)(F)F)cc(C(F)(F)F)c1. The molecule has 0 unspecified atom stereocenters.